The molecule has 0 aliphatic heterocycles. The number of ether oxygens (including phenoxy) is 1. The third-order valence-corrected chi connectivity index (χ3v) is 7.08. The van der Waals surface area contributed by atoms with Gasteiger partial charge in [0.1, 0.15) is 0 Å². The highest BCUT2D eigenvalue weighted by Crippen LogP contribution is 2.44. The Labute approximate surface area is 167 Å². The number of hydrogen-bond donors (Lipinski definition) is 0. The van der Waals surface area contributed by atoms with Gasteiger partial charge in [-0.25, -0.2) is 0 Å². The molecular weight excluding hydrogens is 328 g/mol. The molecule has 0 bridgehead atoms. The van der Waals surface area contributed by atoms with E-state index in [0.717, 1.165) is 43.3 Å². The first-order valence-electron chi connectivity index (χ1n) is 11.6. The van der Waals surface area contributed by atoms with E-state index in [-0.39, 0.29) is 0 Å². The molecule has 2 aliphatic carbocycles. The Morgan fingerprint density at radius 3 is 2.11 bits per heavy atom. The van der Waals surface area contributed by atoms with Crippen molar-refractivity contribution < 1.29 is 4.74 Å². The van der Waals surface area contributed by atoms with E-state index in [4.69, 9.17) is 4.74 Å². The molecule has 0 atom stereocenters. The van der Waals surface area contributed by atoms with Crippen molar-refractivity contribution in [3.63, 3.8) is 0 Å². The zero-order valence-electron chi connectivity index (χ0n) is 17.7. The van der Waals surface area contributed by atoms with Crippen LogP contribution >= 0.6 is 0 Å². The normalized spacial score (nSPS) is 29.3. The lowest BCUT2D eigenvalue weighted by Gasteiger charge is -2.37. The summed E-state index contributed by atoms with van der Waals surface area (Å²) in [4.78, 5) is 0. The summed E-state index contributed by atoms with van der Waals surface area (Å²) >= 11 is 0. The molecule has 2 aliphatic rings. The predicted octanol–water partition coefficient (Wildman–Crippen LogP) is 7.66. The fourth-order valence-corrected chi connectivity index (χ4v) is 5.33. The molecule has 27 heavy (non-hydrogen) atoms. The van der Waals surface area contributed by atoms with Gasteiger partial charge in [0.15, 0.2) is 0 Å². The smallest absolute Gasteiger partial charge is 0.0716 e. The Kier molecular flexibility index (Phi) is 8.45. The van der Waals surface area contributed by atoms with Gasteiger partial charge in [0.25, 0.3) is 0 Å². The third-order valence-electron chi connectivity index (χ3n) is 7.08. The van der Waals surface area contributed by atoms with Crippen LogP contribution in [0.3, 0.4) is 0 Å². The molecular formula is C26H40O. The van der Waals surface area contributed by atoms with E-state index in [0.29, 0.717) is 0 Å². The van der Waals surface area contributed by atoms with Gasteiger partial charge in [0.2, 0.25) is 0 Å². The van der Waals surface area contributed by atoms with E-state index in [9.17, 15) is 0 Å². The van der Waals surface area contributed by atoms with Gasteiger partial charge in [-0.2, -0.15) is 0 Å². The van der Waals surface area contributed by atoms with Gasteiger partial charge in [-0.1, -0.05) is 49.8 Å². The quantitative estimate of drug-likeness (QED) is 0.338. The van der Waals surface area contributed by atoms with E-state index in [1.807, 2.05) is 0 Å². The van der Waals surface area contributed by atoms with Gasteiger partial charge in [0, 0.05) is 6.61 Å². The Hall–Kier alpha value is -1.08. The molecule has 0 N–H and O–H groups in total. The molecule has 150 valence electrons. The van der Waals surface area contributed by atoms with Crippen LogP contribution < -0.4 is 0 Å². The molecule has 1 heteroatoms. The number of benzene rings is 1. The topological polar surface area (TPSA) is 9.23 Å². The van der Waals surface area contributed by atoms with Crippen molar-refractivity contribution in [3.8, 4) is 0 Å². The van der Waals surface area contributed by atoms with Crippen molar-refractivity contribution in [1.82, 2.24) is 0 Å². The summed E-state index contributed by atoms with van der Waals surface area (Å²) in [6.45, 7) is 6.03. The number of rotatable bonds is 8. The minimum atomic E-state index is 0.767. The fraction of sp³-hybridized carbons (Fsp3) is 0.692. The molecule has 0 spiro atoms. The Morgan fingerprint density at radius 1 is 0.889 bits per heavy atom. The summed E-state index contributed by atoms with van der Waals surface area (Å²) in [5, 5.41) is 0. The maximum absolute atomic E-state index is 5.75. The third kappa shape index (κ3) is 6.21. The highest BCUT2D eigenvalue weighted by molar-refractivity contribution is 5.25. The fourth-order valence-electron chi connectivity index (χ4n) is 5.33. The highest BCUT2D eigenvalue weighted by Gasteiger charge is 2.30. The second-order valence-electron chi connectivity index (χ2n) is 8.96. The Bertz CT molecular complexity index is 542. The van der Waals surface area contributed by atoms with Crippen LogP contribution in [0.2, 0.25) is 0 Å². The average molecular weight is 369 g/mol. The van der Waals surface area contributed by atoms with Crippen LogP contribution in [0.4, 0.5) is 0 Å². The summed E-state index contributed by atoms with van der Waals surface area (Å²) in [6, 6.07) is 9.31. The zero-order valence-corrected chi connectivity index (χ0v) is 17.7. The van der Waals surface area contributed by atoms with Gasteiger partial charge < -0.3 is 4.74 Å². The molecule has 0 aromatic heterocycles. The predicted molar refractivity (Wildman–Crippen MR) is 116 cm³/mol. The molecule has 3 rings (SSSR count). The summed E-state index contributed by atoms with van der Waals surface area (Å²) in [5.74, 6) is 3.66. The highest BCUT2D eigenvalue weighted by atomic mass is 16.5. The van der Waals surface area contributed by atoms with Crippen LogP contribution in [-0.2, 0) is 11.3 Å². The van der Waals surface area contributed by atoms with Crippen LogP contribution in [0.5, 0.6) is 0 Å². The lowest BCUT2D eigenvalue weighted by atomic mass is 9.68. The van der Waals surface area contributed by atoms with Gasteiger partial charge in [-0.15, -0.1) is 0 Å². The van der Waals surface area contributed by atoms with Crippen molar-refractivity contribution in [2.24, 2.45) is 17.8 Å². The lowest BCUT2D eigenvalue weighted by Crippen LogP contribution is -2.25. The van der Waals surface area contributed by atoms with Gasteiger partial charge in [-0.05, 0) is 99.5 Å². The molecule has 2 saturated carbocycles. The first-order valence-corrected chi connectivity index (χ1v) is 11.6. The van der Waals surface area contributed by atoms with E-state index in [1.54, 1.807) is 5.56 Å². The maximum Gasteiger partial charge on any atom is 0.0716 e. The largest absolute Gasteiger partial charge is 0.377 e. The van der Waals surface area contributed by atoms with Gasteiger partial charge >= 0.3 is 0 Å². The molecule has 0 heterocycles. The minimum absolute atomic E-state index is 0.767. The molecule has 2 fully saturated rings. The van der Waals surface area contributed by atoms with Crippen molar-refractivity contribution in [3.05, 3.63) is 47.5 Å². The number of unbranched alkanes of at least 4 members (excludes halogenated alkanes) is 1. The van der Waals surface area contributed by atoms with Crippen molar-refractivity contribution >= 4 is 0 Å². The monoisotopic (exact) mass is 368 g/mol. The standard InChI is InChI=1S/C26H40O/c1-3-5-19-27-20-22-9-13-24(14-10-22)26-17-15-25(16-18-26)23-11-7-21(6-4-2)8-12-23/h4,6,9-10,13-14,21,23,25-26H,3,5,7-8,11-12,15-20H2,1-2H3/b6-4-. The Morgan fingerprint density at radius 2 is 1.52 bits per heavy atom. The summed E-state index contributed by atoms with van der Waals surface area (Å²) in [7, 11) is 0. The second-order valence-corrected chi connectivity index (χ2v) is 8.96. The first kappa shape index (κ1) is 20.6. The SMILES string of the molecule is C/C=C\C1CCC(C2CCC(c3ccc(COCCCC)cc3)CC2)CC1. The molecule has 0 radical (unpaired) electrons. The van der Waals surface area contributed by atoms with Crippen LogP contribution in [0.15, 0.2) is 36.4 Å². The maximum atomic E-state index is 5.75. The number of allylic oxidation sites excluding steroid dienone is 2. The van der Waals surface area contributed by atoms with Crippen LogP contribution in [0.25, 0.3) is 0 Å². The summed E-state index contributed by atoms with van der Waals surface area (Å²) in [6.07, 6.45) is 18.5. The first-order chi connectivity index (χ1) is 13.3. The van der Waals surface area contributed by atoms with E-state index in [1.165, 1.54) is 63.4 Å². The average Bonchev–Trinajstić information content (AvgIpc) is 2.73. The minimum Gasteiger partial charge on any atom is -0.377 e. The van der Waals surface area contributed by atoms with Crippen molar-refractivity contribution in [2.45, 2.75) is 90.6 Å². The molecule has 1 nitrogen and oxygen atoms in total. The second kappa shape index (κ2) is 11.1. The summed E-state index contributed by atoms with van der Waals surface area (Å²) in [5.41, 5.74) is 2.88. The molecule has 1 aromatic rings. The van der Waals surface area contributed by atoms with E-state index < -0.39 is 0 Å². The van der Waals surface area contributed by atoms with Gasteiger partial charge in [0.05, 0.1) is 6.61 Å². The van der Waals surface area contributed by atoms with E-state index in [2.05, 4.69) is 50.3 Å². The van der Waals surface area contributed by atoms with Crippen LogP contribution in [0.1, 0.15) is 95.1 Å². The lowest BCUT2D eigenvalue weighted by molar-refractivity contribution is 0.118. The zero-order chi connectivity index (χ0) is 18.9. The van der Waals surface area contributed by atoms with Gasteiger partial charge in [-0.3, -0.25) is 0 Å². The molecule has 1 aromatic carbocycles. The summed E-state index contributed by atoms with van der Waals surface area (Å²) < 4.78 is 5.75. The molecule has 0 saturated heterocycles. The number of hydrogen-bond acceptors (Lipinski definition) is 1. The van der Waals surface area contributed by atoms with E-state index >= 15 is 0 Å². The van der Waals surface area contributed by atoms with Crippen molar-refractivity contribution in [1.29, 1.82) is 0 Å². The molecule has 0 amide bonds. The Balaban J connectivity index is 1.41. The molecule has 0 unspecified atom stereocenters. The van der Waals surface area contributed by atoms with Crippen molar-refractivity contribution in [2.75, 3.05) is 6.61 Å². The van der Waals surface area contributed by atoms with Crippen LogP contribution in [-0.4, -0.2) is 6.61 Å². The van der Waals surface area contributed by atoms with Crippen LogP contribution in [0, 0.1) is 17.8 Å².